The van der Waals surface area contributed by atoms with E-state index in [0.29, 0.717) is 12.0 Å². The molecule has 1 atom stereocenters. The number of carbonyl (C=O) groups is 2. The van der Waals surface area contributed by atoms with Crippen LogP contribution in [-0.4, -0.2) is 49.9 Å². The van der Waals surface area contributed by atoms with Gasteiger partial charge in [-0.05, 0) is 31.2 Å². The van der Waals surface area contributed by atoms with Gasteiger partial charge in [-0.1, -0.05) is 0 Å². The fourth-order valence-corrected chi connectivity index (χ4v) is 2.45. The van der Waals surface area contributed by atoms with Crippen molar-refractivity contribution in [1.82, 2.24) is 10.3 Å². The molecule has 0 radical (unpaired) electrons. The van der Waals surface area contributed by atoms with Crippen LogP contribution in [0.3, 0.4) is 0 Å². The van der Waals surface area contributed by atoms with E-state index in [1.54, 1.807) is 37.5 Å². The van der Waals surface area contributed by atoms with Crippen molar-refractivity contribution < 1.29 is 23.8 Å². The maximum absolute atomic E-state index is 12.2. The molecule has 1 unspecified atom stereocenters. The van der Waals surface area contributed by atoms with Gasteiger partial charge in [-0.2, -0.15) is 0 Å². The number of allylic oxidation sites excluding steroid dienone is 2. The SMILES string of the molecule is CCOC(=O)C1=CC=C(c2cccnc2)NC1C(C=O)(OC)OC. The zero-order valence-corrected chi connectivity index (χ0v) is 13.8. The monoisotopic (exact) mass is 332 g/mol. The first-order chi connectivity index (χ1) is 11.6. The number of aldehydes is 1. The third kappa shape index (κ3) is 3.37. The lowest BCUT2D eigenvalue weighted by atomic mass is 9.94. The molecule has 7 heteroatoms. The fraction of sp³-hybridized carbons (Fsp3) is 0.353. The molecule has 1 aliphatic heterocycles. The minimum atomic E-state index is -1.67. The van der Waals surface area contributed by atoms with Crippen LogP contribution in [0, 0.1) is 0 Å². The molecule has 0 fully saturated rings. The molecule has 0 aliphatic carbocycles. The fourth-order valence-electron chi connectivity index (χ4n) is 2.45. The summed E-state index contributed by atoms with van der Waals surface area (Å²) in [4.78, 5) is 28.0. The number of nitrogens with zero attached hydrogens (tertiary/aromatic N) is 1. The van der Waals surface area contributed by atoms with Crippen LogP contribution in [0.15, 0.2) is 42.3 Å². The third-order valence-electron chi connectivity index (χ3n) is 3.73. The van der Waals surface area contributed by atoms with Gasteiger partial charge in [-0.15, -0.1) is 0 Å². The highest BCUT2D eigenvalue weighted by atomic mass is 16.7. The van der Waals surface area contributed by atoms with Gasteiger partial charge < -0.3 is 19.5 Å². The summed E-state index contributed by atoms with van der Waals surface area (Å²) in [5, 5.41) is 3.12. The van der Waals surface area contributed by atoms with E-state index in [1.165, 1.54) is 14.2 Å². The number of esters is 1. The van der Waals surface area contributed by atoms with Gasteiger partial charge in [0.1, 0.15) is 6.04 Å². The van der Waals surface area contributed by atoms with Crippen molar-refractivity contribution in [3.63, 3.8) is 0 Å². The molecule has 0 bridgehead atoms. The van der Waals surface area contributed by atoms with Crippen LogP contribution >= 0.6 is 0 Å². The van der Waals surface area contributed by atoms with E-state index in [9.17, 15) is 9.59 Å². The second kappa shape index (κ2) is 7.85. The van der Waals surface area contributed by atoms with Crippen LogP contribution in [0.5, 0.6) is 0 Å². The standard InChI is InChI=1S/C17H20N2O5/c1-4-24-16(21)13-7-8-14(12-6-5-9-18-10-12)19-15(13)17(11-20,22-2)23-3/h5-11,15,19H,4H2,1-3H3. The maximum atomic E-state index is 12.2. The van der Waals surface area contributed by atoms with Gasteiger partial charge in [0.05, 0.1) is 12.2 Å². The normalized spacial score (nSPS) is 17.4. The van der Waals surface area contributed by atoms with Gasteiger partial charge >= 0.3 is 5.97 Å². The van der Waals surface area contributed by atoms with E-state index in [4.69, 9.17) is 14.2 Å². The molecule has 24 heavy (non-hydrogen) atoms. The second-order valence-corrected chi connectivity index (χ2v) is 4.99. The smallest absolute Gasteiger partial charge is 0.336 e. The number of ether oxygens (including phenoxy) is 3. The summed E-state index contributed by atoms with van der Waals surface area (Å²) < 4.78 is 15.6. The number of dihydropyridines is 1. The summed E-state index contributed by atoms with van der Waals surface area (Å²) in [6, 6.07) is 2.77. The van der Waals surface area contributed by atoms with E-state index in [1.807, 2.05) is 6.07 Å². The predicted octanol–water partition coefficient (Wildman–Crippen LogP) is 1.07. The van der Waals surface area contributed by atoms with Gasteiger partial charge in [0.25, 0.3) is 5.79 Å². The topological polar surface area (TPSA) is 86.8 Å². The zero-order chi connectivity index (χ0) is 17.6. The molecule has 0 aromatic carbocycles. The first-order valence-corrected chi connectivity index (χ1v) is 7.44. The summed E-state index contributed by atoms with van der Waals surface area (Å²) in [6.07, 6.45) is 7.16. The Labute approximate surface area is 140 Å². The first-order valence-electron chi connectivity index (χ1n) is 7.44. The lowest BCUT2D eigenvalue weighted by molar-refractivity contribution is -0.204. The van der Waals surface area contributed by atoms with E-state index in [-0.39, 0.29) is 12.2 Å². The number of methoxy groups -OCH3 is 2. The highest BCUT2D eigenvalue weighted by Gasteiger charge is 2.45. The second-order valence-electron chi connectivity index (χ2n) is 4.99. The molecule has 1 aromatic rings. The molecule has 2 rings (SSSR count). The molecule has 1 aromatic heterocycles. The zero-order valence-electron chi connectivity index (χ0n) is 13.8. The third-order valence-corrected chi connectivity index (χ3v) is 3.73. The van der Waals surface area contributed by atoms with Gasteiger partial charge in [-0.25, -0.2) is 4.79 Å². The van der Waals surface area contributed by atoms with Crippen LogP contribution in [0.4, 0.5) is 0 Å². The van der Waals surface area contributed by atoms with Gasteiger partial charge in [0, 0.05) is 37.9 Å². The Balaban J connectivity index is 2.47. The van der Waals surface area contributed by atoms with E-state index < -0.39 is 17.8 Å². The Kier molecular flexibility index (Phi) is 5.83. The molecule has 0 saturated carbocycles. The van der Waals surface area contributed by atoms with Crippen molar-refractivity contribution >= 4 is 18.0 Å². The molecule has 1 N–H and O–H groups in total. The molecule has 0 spiro atoms. The summed E-state index contributed by atoms with van der Waals surface area (Å²) >= 11 is 0. The number of hydrogen-bond donors (Lipinski definition) is 1. The number of hydrogen-bond acceptors (Lipinski definition) is 7. The van der Waals surface area contributed by atoms with Crippen molar-refractivity contribution in [2.24, 2.45) is 0 Å². The largest absolute Gasteiger partial charge is 0.463 e. The van der Waals surface area contributed by atoms with Crippen LogP contribution in [-0.2, 0) is 23.8 Å². The van der Waals surface area contributed by atoms with Crippen LogP contribution in [0.2, 0.25) is 0 Å². The predicted molar refractivity (Wildman–Crippen MR) is 86.7 cm³/mol. The summed E-state index contributed by atoms with van der Waals surface area (Å²) in [5.41, 5.74) is 1.72. The quantitative estimate of drug-likeness (QED) is 0.454. The van der Waals surface area contributed by atoms with Crippen molar-refractivity contribution in [1.29, 1.82) is 0 Å². The molecule has 2 heterocycles. The summed E-state index contributed by atoms with van der Waals surface area (Å²) in [5.74, 6) is -2.21. The van der Waals surface area contributed by atoms with E-state index in [2.05, 4.69) is 10.3 Å². The van der Waals surface area contributed by atoms with Gasteiger partial charge in [0.15, 0.2) is 6.29 Å². The van der Waals surface area contributed by atoms with Crippen LogP contribution in [0.1, 0.15) is 12.5 Å². The van der Waals surface area contributed by atoms with Gasteiger partial charge in [-0.3, -0.25) is 9.78 Å². The van der Waals surface area contributed by atoms with Crippen molar-refractivity contribution in [2.75, 3.05) is 20.8 Å². The highest BCUT2D eigenvalue weighted by Crippen LogP contribution is 2.28. The Bertz CT molecular complexity index is 650. The minimum absolute atomic E-state index is 0.218. The Morgan fingerprint density at radius 3 is 2.67 bits per heavy atom. The van der Waals surface area contributed by atoms with E-state index >= 15 is 0 Å². The lowest BCUT2D eigenvalue weighted by Gasteiger charge is -2.37. The number of carbonyl (C=O) groups excluding carboxylic acids is 2. The van der Waals surface area contributed by atoms with Crippen molar-refractivity contribution in [3.05, 3.63) is 47.8 Å². The maximum Gasteiger partial charge on any atom is 0.336 e. The van der Waals surface area contributed by atoms with Crippen LogP contribution < -0.4 is 5.32 Å². The molecule has 0 saturated heterocycles. The lowest BCUT2D eigenvalue weighted by Crippen LogP contribution is -2.57. The molecule has 7 nitrogen and oxygen atoms in total. The van der Waals surface area contributed by atoms with Gasteiger partial charge in [0.2, 0.25) is 0 Å². The highest BCUT2D eigenvalue weighted by molar-refractivity contribution is 5.93. The summed E-state index contributed by atoms with van der Waals surface area (Å²) in [6.45, 7) is 1.93. The Hall–Kier alpha value is -2.51. The van der Waals surface area contributed by atoms with Crippen molar-refractivity contribution in [3.8, 4) is 0 Å². The van der Waals surface area contributed by atoms with Crippen molar-refractivity contribution in [2.45, 2.75) is 18.8 Å². The molecule has 0 amide bonds. The number of aromatic nitrogens is 1. The number of rotatable bonds is 7. The molecule has 1 aliphatic rings. The average Bonchev–Trinajstić information content (AvgIpc) is 2.64. The molecule has 128 valence electrons. The average molecular weight is 332 g/mol. The first kappa shape index (κ1) is 17.8. The number of nitrogens with one attached hydrogen (secondary N) is 1. The van der Waals surface area contributed by atoms with E-state index in [0.717, 1.165) is 5.56 Å². The minimum Gasteiger partial charge on any atom is -0.463 e. The van der Waals surface area contributed by atoms with Crippen LogP contribution in [0.25, 0.3) is 5.70 Å². The summed E-state index contributed by atoms with van der Waals surface area (Å²) in [7, 11) is 2.68. The Morgan fingerprint density at radius 1 is 1.38 bits per heavy atom. The Morgan fingerprint density at radius 2 is 2.12 bits per heavy atom. The number of pyridine rings is 1. The molecular formula is C17H20N2O5. The molecular weight excluding hydrogens is 312 g/mol.